The molecule has 0 aromatic heterocycles. The van der Waals surface area contributed by atoms with E-state index in [-0.39, 0.29) is 5.91 Å². The lowest BCUT2D eigenvalue weighted by molar-refractivity contribution is 0.102. The number of rotatable bonds is 2. The molecule has 0 fully saturated rings. The van der Waals surface area contributed by atoms with Gasteiger partial charge in [0.2, 0.25) is 0 Å². The third-order valence-electron chi connectivity index (χ3n) is 3.51. The summed E-state index contributed by atoms with van der Waals surface area (Å²) in [6, 6.07) is 9.05. The molecule has 2 aromatic carbocycles. The SMILES string of the molecule is Cc1ccc(C(=O)Nc2cc3c(cc2Cl)OCCO3)c(C)c1. The fraction of sp³-hybridized carbons (Fsp3) is 0.235. The third-order valence-corrected chi connectivity index (χ3v) is 3.82. The molecule has 0 saturated carbocycles. The van der Waals surface area contributed by atoms with Crippen molar-refractivity contribution in [3.8, 4) is 11.5 Å². The molecule has 3 rings (SSSR count). The molecule has 0 aliphatic carbocycles. The van der Waals surface area contributed by atoms with Crippen molar-refractivity contribution in [1.29, 1.82) is 0 Å². The number of halogens is 1. The highest BCUT2D eigenvalue weighted by Gasteiger charge is 2.17. The number of ether oxygens (including phenoxy) is 2. The number of carbonyl (C=O) groups is 1. The molecule has 0 atom stereocenters. The highest BCUT2D eigenvalue weighted by Crippen LogP contribution is 2.38. The summed E-state index contributed by atoms with van der Waals surface area (Å²) in [6.45, 7) is 4.89. The Balaban J connectivity index is 1.87. The number of hydrogen-bond donors (Lipinski definition) is 1. The van der Waals surface area contributed by atoms with Crippen LogP contribution in [0.15, 0.2) is 30.3 Å². The van der Waals surface area contributed by atoms with Crippen LogP contribution in [0, 0.1) is 13.8 Å². The quantitative estimate of drug-likeness (QED) is 0.911. The normalized spacial score (nSPS) is 12.9. The second-order valence-electron chi connectivity index (χ2n) is 5.25. The lowest BCUT2D eigenvalue weighted by Crippen LogP contribution is -2.17. The Morgan fingerprint density at radius 3 is 2.45 bits per heavy atom. The molecule has 1 aliphatic rings. The van der Waals surface area contributed by atoms with E-state index in [0.29, 0.717) is 41.0 Å². The zero-order valence-electron chi connectivity index (χ0n) is 12.4. The first-order valence-electron chi connectivity index (χ1n) is 7.02. The molecule has 22 heavy (non-hydrogen) atoms. The van der Waals surface area contributed by atoms with Crippen LogP contribution in [-0.2, 0) is 0 Å². The zero-order chi connectivity index (χ0) is 15.7. The fourth-order valence-electron chi connectivity index (χ4n) is 2.42. The molecule has 0 bridgehead atoms. The van der Waals surface area contributed by atoms with Gasteiger partial charge in [-0.3, -0.25) is 4.79 Å². The summed E-state index contributed by atoms with van der Waals surface area (Å²) < 4.78 is 11.0. The number of fused-ring (bicyclic) bond motifs is 1. The van der Waals surface area contributed by atoms with Crippen LogP contribution in [0.5, 0.6) is 11.5 Å². The summed E-state index contributed by atoms with van der Waals surface area (Å²) in [4.78, 5) is 12.4. The standard InChI is InChI=1S/C17H16ClNO3/c1-10-3-4-12(11(2)7-10)17(20)19-14-9-16-15(8-13(14)18)21-5-6-22-16/h3-4,7-9H,5-6H2,1-2H3,(H,19,20). The molecule has 5 heteroatoms. The second kappa shape index (κ2) is 5.89. The number of nitrogens with one attached hydrogen (secondary N) is 1. The average molecular weight is 318 g/mol. The molecule has 2 aromatic rings. The third kappa shape index (κ3) is 2.88. The van der Waals surface area contributed by atoms with Crippen LogP contribution in [0.3, 0.4) is 0 Å². The van der Waals surface area contributed by atoms with Gasteiger partial charge in [0, 0.05) is 17.7 Å². The molecular formula is C17H16ClNO3. The minimum Gasteiger partial charge on any atom is -0.486 e. The summed E-state index contributed by atoms with van der Waals surface area (Å²) >= 11 is 6.21. The molecule has 0 radical (unpaired) electrons. The monoisotopic (exact) mass is 317 g/mol. The van der Waals surface area contributed by atoms with Crippen LogP contribution in [0.25, 0.3) is 0 Å². The number of anilines is 1. The van der Waals surface area contributed by atoms with Crippen LogP contribution in [-0.4, -0.2) is 19.1 Å². The minimum absolute atomic E-state index is 0.198. The molecule has 0 spiro atoms. The maximum absolute atomic E-state index is 12.4. The topological polar surface area (TPSA) is 47.6 Å². The maximum Gasteiger partial charge on any atom is 0.255 e. The average Bonchev–Trinajstić information content (AvgIpc) is 2.47. The van der Waals surface area contributed by atoms with E-state index in [9.17, 15) is 4.79 Å². The number of amides is 1. The molecule has 114 valence electrons. The van der Waals surface area contributed by atoms with E-state index < -0.39 is 0 Å². The molecule has 4 nitrogen and oxygen atoms in total. The minimum atomic E-state index is -0.198. The van der Waals surface area contributed by atoms with Gasteiger partial charge in [-0.05, 0) is 25.5 Å². The van der Waals surface area contributed by atoms with Gasteiger partial charge in [-0.15, -0.1) is 0 Å². The Hall–Kier alpha value is -2.20. The first-order valence-corrected chi connectivity index (χ1v) is 7.40. The highest BCUT2D eigenvalue weighted by atomic mass is 35.5. The van der Waals surface area contributed by atoms with Crippen LogP contribution < -0.4 is 14.8 Å². The maximum atomic E-state index is 12.4. The van der Waals surface area contributed by atoms with Crippen molar-refractivity contribution in [1.82, 2.24) is 0 Å². The molecule has 0 unspecified atom stereocenters. The summed E-state index contributed by atoms with van der Waals surface area (Å²) in [5.74, 6) is 0.989. The fourth-order valence-corrected chi connectivity index (χ4v) is 2.62. The first kappa shape index (κ1) is 14.7. The van der Waals surface area contributed by atoms with E-state index in [2.05, 4.69) is 5.32 Å². The Kier molecular flexibility index (Phi) is 3.94. The number of aryl methyl sites for hydroxylation is 2. The molecule has 1 heterocycles. The molecule has 1 amide bonds. The Morgan fingerprint density at radius 2 is 1.77 bits per heavy atom. The van der Waals surface area contributed by atoms with Gasteiger partial charge < -0.3 is 14.8 Å². The van der Waals surface area contributed by atoms with E-state index in [1.807, 2.05) is 32.0 Å². The number of benzene rings is 2. The van der Waals surface area contributed by atoms with Crippen LogP contribution in [0.1, 0.15) is 21.5 Å². The second-order valence-corrected chi connectivity index (χ2v) is 5.66. The Morgan fingerprint density at radius 1 is 1.09 bits per heavy atom. The van der Waals surface area contributed by atoms with E-state index in [0.717, 1.165) is 11.1 Å². The van der Waals surface area contributed by atoms with Crippen molar-refractivity contribution < 1.29 is 14.3 Å². The largest absolute Gasteiger partial charge is 0.486 e. The van der Waals surface area contributed by atoms with Crippen molar-refractivity contribution in [2.45, 2.75) is 13.8 Å². The molecular weight excluding hydrogens is 302 g/mol. The van der Waals surface area contributed by atoms with Gasteiger partial charge in [-0.2, -0.15) is 0 Å². The Labute approximate surface area is 134 Å². The van der Waals surface area contributed by atoms with Crippen LogP contribution >= 0.6 is 11.6 Å². The van der Waals surface area contributed by atoms with Gasteiger partial charge in [0.15, 0.2) is 11.5 Å². The van der Waals surface area contributed by atoms with Crippen molar-refractivity contribution >= 4 is 23.2 Å². The highest BCUT2D eigenvalue weighted by molar-refractivity contribution is 6.34. The van der Waals surface area contributed by atoms with E-state index in [4.69, 9.17) is 21.1 Å². The van der Waals surface area contributed by atoms with Crippen molar-refractivity contribution in [3.63, 3.8) is 0 Å². The summed E-state index contributed by atoms with van der Waals surface area (Å²) in [5.41, 5.74) is 3.17. The smallest absolute Gasteiger partial charge is 0.255 e. The predicted molar refractivity (Wildman–Crippen MR) is 86.3 cm³/mol. The van der Waals surface area contributed by atoms with Crippen molar-refractivity contribution in [3.05, 3.63) is 52.0 Å². The first-order chi connectivity index (χ1) is 10.5. The van der Waals surface area contributed by atoms with Crippen LogP contribution in [0.2, 0.25) is 5.02 Å². The predicted octanol–water partition coefficient (Wildman–Crippen LogP) is 3.98. The van der Waals surface area contributed by atoms with Gasteiger partial charge in [0.25, 0.3) is 5.91 Å². The lowest BCUT2D eigenvalue weighted by atomic mass is 10.1. The molecule has 0 saturated heterocycles. The van der Waals surface area contributed by atoms with E-state index in [1.54, 1.807) is 12.1 Å². The van der Waals surface area contributed by atoms with Gasteiger partial charge in [-0.1, -0.05) is 29.3 Å². The van der Waals surface area contributed by atoms with Gasteiger partial charge in [-0.25, -0.2) is 0 Å². The van der Waals surface area contributed by atoms with Crippen molar-refractivity contribution in [2.75, 3.05) is 18.5 Å². The zero-order valence-corrected chi connectivity index (χ0v) is 13.2. The summed E-state index contributed by atoms with van der Waals surface area (Å²) in [6.07, 6.45) is 0. The number of carbonyl (C=O) groups excluding carboxylic acids is 1. The molecule has 1 aliphatic heterocycles. The molecule has 1 N–H and O–H groups in total. The number of hydrogen-bond acceptors (Lipinski definition) is 3. The van der Waals surface area contributed by atoms with Crippen LogP contribution in [0.4, 0.5) is 5.69 Å². The van der Waals surface area contributed by atoms with E-state index in [1.165, 1.54) is 0 Å². The van der Waals surface area contributed by atoms with Crippen molar-refractivity contribution in [2.24, 2.45) is 0 Å². The van der Waals surface area contributed by atoms with Gasteiger partial charge in [0.05, 0.1) is 10.7 Å². The van der Waals surface area contributed by atoms with Gasteiger partial charge >= 0.3 is 0 Å². The van der Waals surface area contributed by atoms with E-state index >= 15 is 0 Å². The summed E-state index contributed by atoms with van der Waals surface area (Å²) in [5, 5.41) is 3.25. The van der Waals surface area contributed by atoms with Gasteiger partial charge in [0.1, 0.15) is 13.2 Å². The Bertz CT molecular complexity index is 743. The summed E-state index contributed by atoms with van der Waals surface area (Å²) in [7, 11) is 0. The lowest BCUT2D eigenvalue weighted by Gasteiger charge is -2.20.